The maximum Gasteiger partial charge on any atom is 0.149 e. The number of benzene rings is 1. The van der Waals surface area contributed by atoms with Gasteiger partial charge in [0.15, 0.2) is 0 Å². The van der Waals surface area contributed by atoms with Crippen LogP contribution in [0.1, 0.15) is 13.8 Å². The molecule has 0 aliphatic heterocycles. The molecule has 5 heteroatoms. The van der Waals surface area contributed by atoms with Gasteiger partial charge >= 0.3 is 0 Å². The molecule has 3 nitrogen and oxygen atoms in total. The second kappa shape index (κ2) is 5.15. The van der Waals surface area contributed by atoms with E-state index in [0.717, 1.165) is 15.9 Å². The number of aromatic nitrogens is 2. The molecular formula is C11H15N2OPS. The highest BCUT2D eigenvalue weighted by atomic mass is 32.2. The topological polar surface area (TPSA) is 38.9 Å². The van der Waals surface area contributed by atoms with Crippen molar-refractivity contribution in [1.29, 1.82) is 0 Å². The molecule has 0 bridgehead atoms. The molecule has 0 aliphatic rings. The number of thioether (sulfide) groups is 1. The van der Waals surface area contributed by atoms with Gasteiger partial charge in [-0.1, -0.05) is 27.8 Å². The smallest absolute Gasteiger partial charge is 0.149 e. The molecule has 0 saturated heterocycles. The van der Waals surface area contributed by atoms with E-state index in [1.807, 2.05) is 6.26 Å². The fourth-order valence-corrected chi connectivity index (χ4v) is 4.21. The second-order valence-corrected chi connectivity index (χ2v) is 7.10. The van der Waals surface area contributed by atoms with Crippen LogP contribution >= 0.6 is 19.7 Å². The first kappa shape index (κ1) is 11.9. The Labute approximate surface area is 101 Å². The monoisotopic (exact) mass is 254 g/mol. The van der Waals surface area contributed by atoms with Gasteiger partial charge in [-0.2, -0.15) is 0 Å². The highest BCUT2D eigenvalue weighted by Crippen LogP contribution is 2.37. The lowest BCUT2D eigenvalue weighted by Crippen LogP contribution is -2.06. The fraction of sp³-hybridized carbons (Fsp3) is 0.455. The Bertz CT molecular complexity index is 482. The van der Waals surface area contributed by atoms with E-state index in [9.17, 15) is 0 Å². The van der Waals surface area contributed by atoms with Gasteiger partial charge in [0.25, 0.3) is 0 Å². The van der Waals surface area contributed by atoms with Crippen molar-refractivity contribution >= 4 is 36.0 Å². The van der Waals surface area contributed by atoms with Crippen LogP contribution in [0.15, 0.2) is 21.7 Å². The van der Waals surface area contributed by atoms with E-state index in [-0.39, 0.29) is 7.92 Å². The Kier molecular flexibility index (Phi) is 3.82. The van der Waals surface area contributed by atoms with Gasteiger partial charge in [-0.05, 0) is 35.0 Å². The van der Waals surface area contributed by atoms with E-state index < -0.39 is 0 Å². The van der Waals surface area contributed by atoms with Gasteiger partial charge in [-0.25, -0.2) is 4.63 Å². The van der Waals surface area contributed by atoms with Crippen molar-refractivity contribution < 1.29 is 4.63 Å². The van der Waals surface area contributed by atoms with Crippen LogP contribution in [0.2, 0.25) is 0 Å². The van der Waals surface area contributed by atoms with Gasteiger partial charge in [-0.15, -0.1) is 11.8 Å². The van der Waals surface area contributed by atoms with Gasteiger partial charge in [-0.3, -0.25) is 0 Å². The molecule has 2 aromatic rings. The summed E-state index contributed by atoms with van der Waals surface area (Å²) in [6.07, 6.45) is 4.42. The Morgan fingerprint density at radius 1 is 1.19 bits per heavy atom. The molecule has 0 N–H and O–H groups in total. The number of nitrogens with zero attached hydrogens (tertiary/aromatic N) is 2. The zero-order chi connectivity index (χ0) is 11.5. The Hall–Kier alpha value is -0.600. The molecule has 0 radical (unpaired) electrons. The van der Waals surface area contributed by atoms with E-state index in [1.54, 1.807) is 11.8 Å². The van der Waals surface area contributed by atoms with Crippen molar-refractivity contribution in [3.63, 3.8) is 0 Å². The molecule has 0 aliphatic carbocycles. The van der Waals surface area contributed by atoms with Crippen molar-refractivity contribution in [2.75, 3.05) is 18.6 Å². The fourth-order valence-electron chi connectivity index (χ4n) is 1.81. The van der Waals surface area contributed by atoms with Crippen LogP contribution in [0, 0.1) is 0 Å². The molecule has 0 unspecified atom stereocenters. The molecule has 0 spiro atoms. The maximum absolute atomic E-state index is 4.88. The molecular weight excluding hydrogens is 239 g/mol. The Morgan fingerprint density at radius 2 is 1.88 bits per heavy atom. The molecule has 16 heavy (non-hydrogen) atoms. The standard InChI is InChI=1S/C11H15N2OPS/c1-4-15(5-2)8-6-7-9(16-3)11-10(8)12-14-13-11/h6-7H,4-5H2,1-3H3. The van der Waals surface area contributed by atoms with Crippen molar-refractivity contribution in [3.8, 4) is 0 Å². The summed E-state index contributed by atoms with van der Waals surface area (Å²) in [7, 11) is -0.115. The second-order valence-electron chi connectivity index (χ2n) is 3.42. The summed E-state index contributed by atoms with van der Waals surface area (Å²) in [5.74, 6) is 0. The predicted molar refractivity (Wildman–Crippen MR) is 71.2 cm³/mol. The lowest BCUT2D eigenvalue weighted by Gasteiger charge is -2.13. The third-order valence-corrected chi connectivity index (χ3v) is 6.02. The zero-order valence-electron chi connectivity index (χ0n) is 9.73. The number of fused-ring (bicyclic) bond motifs is 1. The highest BCUT2D eigenvalue weighted by Gasteiger charge is 2.16. The summed E-state index contributed by atoms with van der Waals surface area (Å²) in [5.41, 5.74) is 1.88. The van der Waals surface area contributed by atoms with Crippen LogP contribution in [0.4, 0.5) is 0 Å². The first-order valence-electron chi connectivity index (χ1n) is 5.36. The van der Waals surface area contributed by atoms with Crippen LogP contribution in [-0.4, -0.2) is 28.9 Å². The summed E-state index contributed by atoms with van der Waals surface area (Å²) in [5, 5.41) is 9.39. The molecule has 1 aromatic heterocycles. The van der Waals surface area contributed by atoms with Gasteiger partial charge in [0.2, 0.25) is 0 Å². The van der Waals surface area contributed by atoms with E-state index in [4.69, 9.17) is 4.63 Å². The summed E-state index contributed by atoms with van der Waals surface area (Å²) >= 11 is 1.68. The van der Waals surface area contributed by atoms with Gasteiger partial charge in [0, 0.05) is 10.2 Å². The quantitative estimate of drug-likeness (QED) is 0.621. The lowest BCUT2D eigenvalue weighted by atomic mass is 10.3. The third-order valence-electron chi connectivity index (χ3n) is 2.68. The van der Waals surface area contributed by atoms with Gasteiger partial charge in [0.1, 0.15) is 11.0 Å². The van der Waals surface area contributed by atoms with Gasteiger partial charge < -0.3 is 0 Å². The van der Waals surface area contributed by atoms with E-state index in [2.05, 4.69) is 36.3 Å². The number of hydrogen-bond donors (Lipinski definition) is 0. The summed E-state index contributed by atoms with van der Waals surface area (Å²) < 4.78 is 4.88. The zero-order valence-corrected chi connectivity index (χ0v) is 11.4. The average Bonchev–Trinajstić information content (AvgIpc) is 2.80. The summed E-state index contributed by atoms with van der Waals surface area (Å²) in [6, 6.07) is 4.32. The van der Waals surface area contributed by atoms with Crippen molar-refractivity contribution in [3.05, 3.63) is 12.1 Å². The first-order valence-corrected chi connectivity index (χ1v) is 8.29. The average molecular weight is 254 g/mol. The van der Waals surface area contributed by atoms with Crippen LogP contribution in [0.25, 0.3) is 11.0 Å². The minimum atomic E-state index is -0.115. The predicted octanol–water partition coefficient (Wildman–Crippen LogP) is 3.09. The van der Waals surface area contributed by atoms with Crippen molar-refractivity contribution in [2.45, 2.75) is 18.7 Å². The minimum Gasteiger partial charge on any atom is -0.243 e. The third kappa shape index (κ3) is 1.96. The molecule has 0 atom stereocenters. The van der Waals surface area contributed by atoms with Crippen molar-refractivity contribution in [2.24, 2.45) is 0 Å². The van der Waals surface area contributed by atoms with Crippen LogP contribution in [0.5, 0.6) is 0 Å². The molecule has 0 amide bonds. The SMILES string of the molecule is CCP(CC)c1ccc(SC)c2nonc12. The van der Waals surface area contributed by atoms with Crippen LogP contribution in [0.3, 0.4) is 0 Å². The molecule has 1 aromatic carbocycles. The van der Waals surface area contributed by atoms with E-state index >= 15 is 0 Å². The Morgan fingerprint density at radius 3 is 2.50 bits per heavy atom. The molecule has 0 saturated carbocycles. The van der Waals surface area contributed by atoms with Crippen LogP contribution < -0.4 is 5.30 Å². The number of rotatable bonds is 4. The van der Waals surface area contributed by atoms with Crippen molar-refractivity contribution in [1.82, 2.24) is 10.3 Å². The minimum absolute atomic E-state index is 0.115. The Balaban J connectivity index is 2.59. The maximum atomic E-state index is 4.88. The molecule has 86 valence electrons. The molecule has 2 rings (SSSR count). The first-order chi connectivity index (χ1) is 7.81. The summed E-state index contributed by atoms with van der Waals surface area (Å²) in [6.45, 7) is 4.47. The largest absolute Gasteiger partial charge is 0.243 e. The molecule has 0 fully saturated rings. The number of hydrogen-bond acceptors (Lipinski definition) is 4. The van der Waals surface area contributed by atoms with E-state index in [0.29, 0.717) is 0 Å². The van der Waals surface area contributed by atoms with Gasteiger partial charge in [0.05, 0.1) is 0 Å². The van der Waals surface area contributed by atoms with Crippen LogP contribution in [-0.2, 0) is 0 Å². The van der Waals surface area contributed by atoms with E-state index in [1.165, 1.54) is 17.6 Å². The lowest BCUT2D eigenvalue weighted by molar-refractivity contribution is 0.315. The summed E-state index contributed by atoms with van der Waals surface area (Å²) in [4.78, 5) is 1.14. The molecule has 1 heterocycles. The normalized spacial score (nSPS) is 11.5. The highest BCUT2D eigenvalue weighted by molar-refractivity contribution is 7.98.